The van der Waals surface area contributed by atoms with Crippen LogP contribution in [-0.4, -0.2) is 13.7 Å². The molecule has 2 heteroatoms. The Bertz CT molecular complexity index is 286. The molecule has 1 fully saturated rings. The summed E-state index contributed by atoms with van der Waals surface area (Å²) in [5.41, 5.74) is 0. The van der Waals surface area contributed by atoms with Crippen LogP contribution in [0.2, 0.25) is 0 Å². The first-order valence-electron chi connectivity index (χ1n) is 5.65. The standard InChI is InChI=1S/C13H18O2/c1-14-12-6-8-13(9-7-12)15-10-11-4-2-3-5-11/h6-9,11H,2-5,10H2,1H3. The van der Waals surface area contributed by atoms with E-state index in [-0.39, 0.29) is 0 Å². The number of rotatable bonds is 4. The first-order chi connectivity index (χ1) is 7.38. The summed E-state index contributed by atoms with van der Waals surface area (Å²) in [4.78, 5) is 0. The fourth-order valence-corrected chi connectivity index (χ4v) is 2.06. The molecule has 1 aromatic rings. The maximum absolute atomic E-state index is 5.73. The molecule has 0 spiro atoms. The molecule has 0 amide bonds. The van der Waals surface area contributed by atoms with Crippen LogP contribution in [0.25, 0.3) is 0 Å². The Balaban J connectivity index is 1.82. The lowest BCUT2D eigenvalue weighted by Gasteiger charge is -2.11. The number of methoxy groups -OCH3 is 1. The predicted molar refractivity (Wildman–Crippen MR) is 60.4 cm³/mol. The maximum atomic E-state index is 5.73. The summed E-state index contributed by atoms with van der Waals surface area (Å²) in [6.07, 6.45) is 5.40. The maximum Gasteiger partial charge on any atom is 0.119 e. The van der Waals surface area contributed by atoms with Crippen molar-refractivity contribution in [2.45, 2.75) is 25.7 Å². The van der Waals surface area contributed by atoms with E-state index in [0.717, 1.165) is 24.0 Å². The first kappa shape index (κ1) is 10.3. The molecule has 2 nitrogen and oxygen atoms in total. The van der Waals surface area contributed by atoms with Gasteiger partial charge in [-0.1, -0.05) is 12.8 Å². The lowest BCUT2D eigenvalue weighted by atomic mass is 10.1. The molecular formula is C13H18O2. The molecule has 0 heterocycles. The van der Waals surface area contributed by atoms with E-state index in [1.807, 2.05) is 24.3 Å². The van der Waals surface area contributed by atoms with Gasteiger partial charge in [-0.3, -0.25) is 0 Å². The average molecular weight is 206 g/mol. The summed E-state index contributed by atoms with van der Waals surface area (Å²) >= 11 is 0. The summed E-state index contributed by atoms with van der Waals surface area (Å²) in [5.74, 6) is 2.60. The van der Waals surface area contributed by atoms with Crippen LogP contribution < -0.4 is 9.47 Å². The monoisotopic (exact) mass is 206 g/mol. The van der Waals surface area contributed by atoms with Crippen molar-refractivity contribution in [2.24, 2.45) is 5.92 Å². The molecule has 2 rings (SSSR count). The van der Waals surface area contributed by atoms with Crippen molar-refractivity contribution in [3.05, 3.63) is 24.3 Å². The lowest BCUT2D eigenvalue weighted by molar-refractivity contribution is 0.252. The van der Waals surface area contributed by atoms with E-state index in [4.69, 9.17) is 9.47 Å². The van der Waals surface area contributed by atoms with Gasteiger partial charge < -0.3 is 9.47 Å². The van der Waals surface area contributed by atoms with Gasteiger partial charge in [0.05, 0.1) is 13.7 Å². The number of benzene rings is 1. The largest absolute Gasteiger partial charge is 0.497 e. The highest BCUT2D eigenvalue weighted by Gasteiger charge is 2.15. The average Bonchev–Trinajstić information content (AvgIpc) is 2.80. The zero-order valence-corrected chi connectivity index (χ0v) is 9.24. The number of ether oxygens (including phenoxy) is 2. The zero-order chi connectivity index (χ0) is 10.5. The number of hydrogen-bond donors (Lipinski definition) is 0. The third-order valence-electron chi connectivity index (χ3n) is 3.02. The molecule has 0 saturated heterocycles. The summed E-state index contributed by atoms with van der Waals surface area (Å²) in [5, 5.41) is 0. The molecule has 1 aliphatic carbocycles. The SMILES string of the molecule is COc1ccc(OCC2CCCC2)cc1. The molecule has 0 atom stereocenters. The van der Waals surface area contributed by atoms with Gasteiger partial charge in [0, 0.05) is 0 Å². The van der Waals surface area contributed by atoms with Crippen LogP contribution in [0.3, 0.4) is 0 Å². The highest BCUT2D eigenvalue weighted by atomic mass is 16.5. The fraction of sp³-hybridized carbons (Fsp3) is 0.538. The van der Waals surface area contributed by atoms with Crippen LogP contribution in [0, 0.1) is 5.92 Å². The van der Waals surface area contributed by atoms with Crippen molar-refractivity contribution in [2.75, 3.05) is 13.7 Å². The molecule has 0 aliphatic heterocycles. The second-order valence-corrected chi connectivity index (χ2v) is 4.14. The summed E-state index contributed by atoms with van der Waals surface area (Å²) in [6, 6.07) is 7.80. The normalized spacial score (nSPS) is 16.6. The predicted octanol–water partition coefficient (Wildman–Crippen LogP) is 3.26. The molecular weight excluding hydrogens is 188 g/mol. The van der Waals surface area contributed by atoms with E-state index < -0.39 is 0 Å². The third-order valence-corrected chi connectivity index (χ3v) is 3.02. The Labute approximate surface area is 91.2 Å². The Morgan fingerprint density at radius 2 is 1.67 bits per heavy atom. The van der Waals surface area contributed by atoms with Crippen molar-refractivity contribution in [1.82, 2.24) is 0 Å². The molecule has 0 bridgehead atoms. The quantitative estimate of drug-likeness (QED) is 0.752. The molecule has 0 aromatic heterocycles. The van der Waals surface area contributed by atoms with Crippen molar-refractivity contribution in [3.8, 4) is 11.5 Å². The molecule has 0 radical (unpaired) electrons. The Morgan fingerprint density at radius 3 is 2.27 bits per heavy atom. The van der Waals surface area contributed by atoms with E-state index in [1.165, 1.54) is 25.7 Å². The van der Waals surface area contributed by atoms with Crippen LogP contribution in [-0.2, 0) is 0 Å². The second kappa shape index (κ2) is 5.06. The van der Waals surface area contributed by atoms with Crippen molar-refractivity contribution < 1.29 is 9.47 Å². The topological polar surface area (TPSA) is 18.5 Å². The first-order valence-corrected chi connectivity index (χ1v) is 5.65. The van der Waals surface area contributed by atoms with Gasteiger partial charge >= 0.3 is 0 Å². The Kier molecular flexibility index (Phi) is 3.49. The fourth-order valence-electron chi connectivity index (χ4n) is 2.06. The van der Waals surface area contributed by atoms with Crippen LogP contribution >= 0.6 is 0 Å². The van der Waals surface area contributed by atoms with Crippen molar-refractivity contribution in [3.63, 3.8) is 0 Å². The Morgan fingerprint density at radius 1 is 1.07 bits per heavy atom. The molecule has 1 aromatic carbocycles. The summed E-state index contributed by atoms with van der Waals surface area (Å²) < 4.78 is 10.8. The number of hydrogen-bond acceptors (Lipinski definition) is 2. The molecule has 0 N–H and O–H groups in total. The highest BCUT2D eigenvalue weighted by Crippen LogP contribution is 2.26. The van der Waals surface area contributed by atoms with Crippen molar-refractivity contribution in [1.29, 1.82) is 0 Å². The molecule has 0 unspecified atom stereocenters. The van der Waals surface area contributed by atoms with Gasteiger partial charge in [0.15, 0.2) is 0 Å². The van der Waals surface area contributed by atoms with Crippen LogP contribution in [0.5, 0.6) is 11.5 Å². The van der Waals surface area contributed by atoms with Gasteiger partial charge in [-0.15, -0.1) is 0 Å². The van der Waals surface area contributed by atoms with E-state index in [1.54, 1.807) is 7.11 Å². The van der Waals surface area contributed by atoms with Gasteiger partial charge in [0.25, 0.3) is 0 Å². The van der Waals surface area contributed by atoms with E-state index in [9.17, 15) is 0 Å². The second-order valence-electron chi connectivity index (χ2n) is 4.14. The molecule has 1 aliphatic rings. The third kappa shape index (κ3) is 2.88. The smallest absolute Gasteiger partial charge is 0.119 e. The lowest BCUT2D eigenvalue weighted by Crippen LogP contribution is -2.07. The van der Waals surface area contributed by atoms with E-state index >= 15 is 0 Å². The minimum Gasteiger partial charge on any atom is -0.497 e. The van der Waals surface area contributed by atoms with E-state index in [2.05, 4.69) is 0 Å². The minimum absolute atomic E-state index is 0.770. The summed E-state index contributed by atoms with van der Waals surface area (Å²) in [6.45, 7) is 0.867. The molecule has 82 valence electrons. The minimum atomic E-state index is 0.770. The van der Waals surface area contributed by atoms with Crippen LogP contribution in [0.4, 0.5) is 0 Å². The molecule has 1 saturated carbocycles. The van der Waals surface area contributed by atoms with Gasteiger partial charge in [0.1, 0.15) is 11.5 Å². The Hall–Kier alpha value is -1.18. The zero-order valence-electron chi connectivity index (χ0n) is 9.24. The van der Waals surface area contributed by atoms with Crippen molar-refractivity contribution >= 4 is 0 Å². The van der Waals surface area contributed by atoms with Gasteiger partial charge in [-0.05, 0) is 43.0 Å². The van der Waals surface area contributed by atoms with Gasteiger partial charge in [0.2, 0.25) is 0 Å². The van der Waals surface area contributed by atoms with Gasteiger partial charge in [-0.25, -0.2) is 0 Å². The van der Waals surface area contributed by atoms with Gasteiger partial charge in [-0.2, -0.15) is 0 Å². The van der Waals surface area contributed by atoms with Crippen LogP contribution in [0.1, 0.15) is 25.7 Å². The van der Waals surface area contributed by atoms with E-state index in [0.29, 0.717) is 0 Å². The highest BCUT2D eigenvalue weighted by molar-refractivity contribution is 5.31. The van der Waals surface area contributed by atoms with Crippen LogP contribution in [0.15, 0.2) is 24.3 Å². The molecule has 15 heavy (non-hydrogen) atoms. The summed E-state index contributed by atoms with van der Waals surface area (Å²) in [7, 11) is 1.67.